The van der Waals surface area contributed by atoms with Crippen molar-refractivity contribution in [3.63, 3.8) is 0 Å². The summed E-state index contributed by atoms with van der Waals surface area (Å²) in [7, 11) is 9.02. The van der Waals surface area contributed by atoms with E-state index in [1.165, 1.54) is 0 Å². The Morgan fingerprint density at radius 2 is 1.50 bits per heavy atom. The molecule has 0 aromatic carbocycles. The van der Waals surface area contributed by atoms with Gasteiger partial charge in [-0.3, -0.25) is 0 Å². The molecule has 0 atom stereocenters. The summed E-state index contributed by atoms with van der Waals surface area (Å²) in [6.45, 7) is 0. The van der Waals surface area contributed by atoms with E-state index >= 15 is 0 Å². The van der Waals surface area contributed by atoms with E-state index in [4.69, 9.17) is 20.0 Å². The van der Waals surface area contributed by atoms with Gasteiger partial charge in [-0.1, -0.05) is 0 Å². The van der Waals surface area contributed by atoms with Crippen molar-refractivity contribution in [2.24, 2.45) is 0 Å². The third kappa shape index (κ3) is 9.39. The van der Waals surface area contributed by atoms with Crippen LogP contribution in [0.15, 0.2) is 0 Å². The van der Waals surface area contributed by atoms with Gasteiger partial charge in [0.25, 0.3) is 0 Å². The van der Waals surface area contributed by atoms with Gasteiger partial charge in [0.1, 0.15) is 0 Å². The maximum atomic E-state index is 5.21. The number of hydrogen-bond acceptors (Lipinski definition) is 0. The van der Waals surface area contributed by atoms with Gasteiger partial charge in [0, 0.05) is 0 Å². The third-order valence-corrected chi connectivity index (χ3v) is 0. The average molecular weight is 216 g/mol. The molecule has 0 bridgehead atoms. The molecule has 0 saturated heterocycles. The van der Waals surface area contributed by atoms with Crippen molar-refractivity contribution in [3.05, 3.63) is 0 Å². The Labute approximate surface area is 43.9 Å². The topological polar surface area (TPSA) is 0 Å². The van der Waals surface area contributed by atoms with E-state index in [-0.39, 0.29) is 0 Å². The molecular weight excluding hydrogens is 216 g/mol. The predicted molar refractivity (Wildman–Crippen MR) is 23.2 cm³/mol. The molecule has 22 valence electrons. The Morgan fingerprint density at radius 3 is 1.50 bits per heavy atom. The van der Waals surface area contributed by atoms with Gasteiger partial charge >= 0.3 is 44.0 Å². The summed E-state index contributed by atoms with van der Waals surface area (Å²) in [5.41, 5.74) is 0. The van der Waals surface area contributed by atoms with Crippen LogP contribution in [0, 0.1) is 0 Å². The van der Waals surface area contributed by atoms with Crippen LogP contribution in [0.1, 0.15) is 0 Å². The fourth-order valence-corrected chi connectivity index (χ4v) is 0. The molecule has 0 aliphatic rings. The molecule has 0 spiro atoms. The molecule has 0 saturated carbocycles. The van der Waals surface area contributed by atoms with E-state index in [2.05, 4.69) is 0 Å². The van der Waals surface area contributed by atoms with Crippen molar-refractivity contribution < 1.29 is 0 Å². The van der Waals surface area contributed by atoms with Gasteiger partial charge in [0.15, 0.2) is 0 Å². The molecule has 0 amide bonds. The molecule has 0 aliphatic carbocycles. The molecule has 2 radical (unpaired) electrons. The van der Waals surface area contributed by atoms with Crippen LogP contribution in [0.25, 0.3) is 0 Å². The van der Waals surface area contributed by atoms with Crippen LogP contribution in [0.3, 0.4) is 0 Å². The van der Waals surface area contributed by atoms with Crippen molar-refractivity contribution in [2.45, 2.75) is 0 Å². The van der Waals surface area contributed by atoms with Gasteiger partial charge in [-0.2, -0.15) is 0 Å². The van der Waals surface area contributed by atoms with Gasteiger partial charge in [0.05, 0.1) is 0 Å². The summed E-state index contributed by atoms with van der Waals surface area (Å²) in [5.74, 6) is 0. The Bertz CT molecular complexity index is 27.0. The van der Waals surface area contributed by atoms with Gasteiger partial charge in [-0.15, -0.1) is 0 Å². The minimum absolute atomic E-state index is 1.39. The molecule has 0 aromatic heterocycles. The molecule has 0 aliphatic heterocycles. The first-order chi connectivity index (χ1) is 1.73. The first-order valence-corrected chi connectivity index (χ1v) is 12.6. The predicted octanol–water partition coefficient (Wildman–Crippen LogP) is 0.617. The van der Waals surface area contributed by atoms with E-state index in [0.717, 1.165) is 0 Å². The molecule has 0 aromatic rings. The fraction of sp³-hybridized carbons (Fsp3) is 0. The summed E-state index contributed by atoms with van der Waals surface area (Å²) in [6, 6.07) is 0. The van der Waals surface area contributed by atoms with Crippen molar-refractivity contribution in [3.8, 4) is 0 Å². The summed E-state index contributed by atoms with van der Waals surface area (Å²) < 4.78 is 0. The third-order valence-electron chi connectivity index (χ3n) is 0. The van der Waals surface area contributed by atoms with E-state index in [1.54, 1.807) is 0 Å². The first-order valence-electron chi connectivity index (χ1n) is 0.628. The van der Waals surface area contributed by atoms with Crippen LogP contribution in [0.5, 0.6) is 0 Å². The molecule has 0 heterocycles. The van der Waals surface area contributed by atoms with E-state index in [9.17, 15) is 0 Å². The van der Waals surface area contributed by atoms with E-state index in [0.29, 0.717) is 0 Å². The zero-order valence-electron chi connectivity index (χ0n) is 1.76. The Morgan fingerprint density at radius 1 is 1.50 bits per heavy atom. The monoisotopic (exact) mass is 218 g/mol. The van der Waals surface area contributed by atoms with Crippen molar-refractivity contribution in [1.82, 2.24) is 0 Å². The van der Waals surface area contributed by atoms with Crippen LogP contribution in [0.4, 0.5) is 0 Å². The molecule has 0 unspecified atom stereocenters. The molecule has 4 heteroatoms. The van der Waals surface area contributed by atoms with Crippen molar-refractivity contribution in [1.29, 1.82) is 0 Å². The number of halogens is 2. The van der Waals surface area contributed by atoms with Crippen LogP contribution < -0.4 is 0 Å². The number of rotatable bonds is 0. The van der Waals surface area contributed by atoms with Crippen LogP contribution in [0.2, 0.25) is 0 Å². The van der Waals surface area contributed by atoms with E-state index in [1.807, 2.05) is 14.0 Å². The zero-order chi connectivity index (χ0) is 3.58. The van der Waals surface area contributed by atoms with Crippen molar-refractivity contribution >= 4 is 44.0 Å². The summed E-state index contributed by atoms with van der Waals surface area (Å²) >= 11 is 1.86. The van der Waals surface area contributed by atoms with Crippen molar-refractivity contribution in [2.75, 3.05) is 0 Å². The molecule has 4 heavy (non-hydrogen) atoms. The van der Waals surface area contributed by atoms with Crippen LogP contribution in [-0.2, 0) is 0 Å². The Kier molecular flexibility index (Phi) is 4.08. The molecule has 0 nitrogen and oxygen atoms in total. The normalized spacial score (nSPS) is 6.50. The number of hydrogen-bond donors (Lipinski definition) is 0. The van der Waals surface area contributed by atoms with Gasteiger partial charge in [-0.25, -0.2) is 0 Å². The van der Waals surface area contributed by atoms with Crippen LogP contribution >= 0.6 is 20.0 Å². The molecule has 0 rings (SSSR count). The maximum absolute atomic E-state index is 5.21. The SMILES string of the molecule is [Cl][Ge]([Cl])=[Ge]. The minimum atomic E-state index is -1.39. The first kappa shape index (κ1) is 5.67. The molecular formula is Cl2Ge2. The van der Waals surface area contributed by atoms with Gasteiger partial charge in [0.2, 0.25) is 0 Å². The zero-order valence-corrected chi connectivity index (χ0v) is 7.46. The van der Waals surface area contributed by atoms with Gasteiger partial charge < -0.3 is 0 Å². The molecule has 0 fully saturated rings. The Hall–Kier alpha value is 1.67. The van der Waals surface area contributed by atoms with E-state index < -0.39 is 9.98 Å². The Balaban J connectivity index is 2.80. The second kappa shape index (κ2) is 2.88. The summed E-state index contributed by atoms with van der Waals surface area (Å²) in [5, 5.41) is 0. The van der Waals surface area contributed by atoms with Gasteiger partial charge in [-0.05, 0) is 0 Å². The molecule has 0 N–H and O–H groups in total. The average Bonchev–Trinajstić information content (AvgIpc) is 0.811. The summed E-state index contributed by atoms with van der Waals surface area (Å²) in [6.07, 6.45) is 0. The van der Waals surface area contributed by atoms with Crippen LogP contribution in [-0.4, -0.2) is 24.0 Å². The quantitative estimate of drug-likeness (QED) is 0.521. The fourth-order valence-electron chi connectivity index (χ4n) is 0. The second-order valence-electron chi connectivity index (χ2n) is 0.260. The summed E-state index contributed by atoms with van der Waals surface area (Å²) in [4.78, 5) is 0. The second-order valence-corrected chi connectivity index (χ2v) is 18.6. The standard InChI is InChI=1S/Cl2Ge2/c1-4(2)3.